The van der Waals surface area contributed by atoms with Crippen molar-refractivity contribution in [2.45, 2.75) is 13.8 Å². The van der Waals surface area contributed by atoms with Crippen LogP contribution in [0.3, 0.4) is 0 Å². The summed E-state index contributed by atoms with van der Waals surface area (Å²) in [5.41, 5.74) is 0.506. The molecule has 10 nitrogen and oxygen atoms in total. The summed E-state index contributed by atoms with van der Waals surface area (Å²) in [6, 6.07) is 8.61. The molecule has 5 rings (SSSR count). The zero-order valence-corrected chi connectivity index (χ0v) is 21.1. The number of fused-ring (bicyclic) bond motifs is 1. The molecule has 0 unspecified atom stereocenters. The Kier molecular flexibility index (Phi) is 6.23. The average molecular weight is 543 g/mol. The van der Waals surface area contributed by atoms with Crippen molar-refractivity contribution in [1.82, 2.24) is 14.8 Å². The van der Waals surface area contributed by atoms with Crippen LogP contribution >= 0.6 is 0 Å². The largest absolute Gasteiger partial charge is 0.454 e. The van der Waals surface area contributed by atoms with Gasteiger partial charge >= 0.3 is 0 Å². The number of nitrogens with zero attached hydrogens (tertiary/aromatic N) is 3. The van der Waals surface area contributed by atoms with Crippen LogP contribution in [-0.4, -0.2) is 28.9 Å². The zero-order chi connectivity index (χ0) is 27.2. The maximum absolute atomic E-state index is 14.4. The first-order valence-corrected chi connectivity index (χ1v) is 12.9. The van der Waals surface area contributed by atoms with E-state index in [0.717, 1.165) is 12.1 Å². The third kappa shape index (κ3) is 4.75. The molecule has 0 atom stereocenters. The van der Waals surface area contributed by atoms with Crippen molar-refractivity contribution >= 4 is 26.7 Å². The Morgan fingerprint density at radius 1 is 1.03 bits per heavy atom. The number of hydrogen-bond acceptors (Lipinski definition) is 8. The number of hydrogen-bond donors (Lipinski definition) is 1. The zero-order valence-electron chi connectivity index (χ0n) is 20.3. The standard InChI is InChI=1S/C25H20F2N4O6S/c1-4-38(33,34)30-15-6-8-20(36-21-7-5-14(26)9-19(21)27)16(10-15)18-12-31(3)25(32)17-11-22(37-23(17)18)24-29-28-13(2)35-24/h5-12,30H,4H2,1-3H3. The highest BCUT2D eigenvalue weighted by atomic mass is 32.2. The Morgan fingerprint density at radius 2 is 1.79 bits per heavy atom. The van der Waals surface area contributed by atoms with E-state index in [2.05, 4.69) is 14.9 Å². The Labute approximate surface area is 214 Å². The van der Waals surface area contributed by atoms with Gasteiger partial charge in [-0.25, -0.2) is 17.2 Å². The summed E-state index contributed by atoms with van der Waals surface area (Å²) < 4.78 is 73.3. The highest BCUT2D eigenvalue weighted by Crippen LogP contribution is 2.40. The van der Waals surface area contributed by atoms with Gasteiger partial charge in [-0.1, -0.05) is 0 Å². The van der Waals surface area contributed by atoms with Gasteiger partial charge in [0.15, 0.2) is 17.3 Å². The maximum Gasteiger partial charge on any atom is 0.283 e. The Morgan fingerprint density at radius 3 is 2.47 bits per heavy atom. The third-order valence-corrected chi connectivity index (χ3v) is 6.93. The molecule has 5 aromatic rings. The maximum atomic E-state index is 14.4. The number of furan rings is 1. The molecule has 0 aliphatic heterocycles. The van der Waals surface area contributed by atoms with Crippen LogP contribution in [0.2, 0.25) is 0 Å². The fourth-order valence-corrected chi connectivity index (χ4v) is 4.40. The molecular weight excluding hydrogens is 522 g/mol. The summed E-state index contributed by atoms with van der Waals surface area (Å²) in [7, 11) is -2.11. The van der Waals surface area contributed by atoms with Crippen molar-refractivity contribution in [3.8, 4) is 34.3 Å². The fraction of sp³-hybridized carbons (Fsp3) is 0.160. The molecule has 0 aliphatic carbocycles. The Hall–Kier alpha value is -4.52. The molecule has 0 radical (unpaired) electrons. The predicted octanol–water partition coefficient (Wildman–Crippen LogP) is 4.99. The first-order chi connectivity index (χ1) is 18.0. The van der Waals surface area contributed by atoms with Gasteiger partial charge < -0.3 is 18.1 Å². The topological polar surface area (TPSA) is 129 Å². The van der Waals surface area contributed by atoms with Crippen LogP contribution in [0.5, 0.6) is 11.5 Å². The average Bonchev–Trinajstić information content (AvgIpc) is 3.51. The van der Waals surface area contributed by atoms with E-state index in [1.807, 2.05) is 0 Å². The van der Waals surface area contributed by atoms with Crippen molar-refractivity contribution in [2.75, 3.05) is 10.5 Å². The summed E-state index contributed by atoms with van der Waals surface area (Å²) in [4.78, 5) is 12.9. The Balaban J connectivity index is 1.74. The van der Waals surface area contributed by atoms with Gasteiger partial charge in [0, 0.05) is 49.1 Å². The second-order valence-electron chi connectivity index (χ2n) is 8.33. The lowest BCUT2D eigenvalue weighted by Gasteiger charge is -2.15. The van der Waals surface area contributed by atoms with Crippen molar-refractivity contribution in [2.24, 2.45) is 7.05 Å². The van der Waals surface area contributed by atoms with E-state index in [-0.39, 0.29) is 56.7 Å². The van der Waals surface area contributed by atoms with Crippen molar-refractivity contribution in [1.29, 1.82) is 0 Å². The van der Waals surface area contributed by atoms with Crippen LogP contribution in [0.1, 0.15) is 12.8 Å². The minimum Gasteiger partial charge on any atom is -0.454 e. The minimum atomic E-state index is -3.64. The summed E-state index contributed by atoms with van der Waals surface area (Å²) in [5.74, 6) is -1.58. The molecule has 0 saturated heterocycles. The van der Waals surface area contributed by atoms with Gasteiger partial charge in [0.1, 0.15) is 17.1 Å². The lowest BCUT2D eigenvalue weighted by molar-refractivity contribution is 0.439. The number of pyridine rings is 1. The summed E-state index contributed by atoms with van der Waals surface area (Å²) in [6.07, 6.45) is 1.47. The molecule has 0 fully saturated rings. The molecule has 2 aromatic carbocycles. The number of nitrogens with one attached hydrogen (secondary N) is 1. The van der Waals surface area contributed by atoms with Gasteiger partial charge in [-0.05, 0) is 37.3 Å². The van der Waals surface area contributed by atoms with E-state index >= 15 is 0 Å². The van der Waals surface area contributed by atoms with Gasteiger partial charge in [0.25, 0.3) is 11.4 Å². The second-order valence-corrected chi connectivity index (χ2v) is 10.3. The molecule has 0 amide bonds. The number of benzene rings is 2. The monoisotopic (exact) mass is 542 g/mol. The SMILES string of the molecule is CCS(=O)(=O)Nc1ccc(Oc2ccc(F)cc2F)c(-c2cn(C)c(=O)c3cc(-c4nnc(C)o4)oc23)c1. The number of aryl methyl sites for hydroxylation is 2. The highest BCUT2D eigenvalue weighted by Gasteiger charge is 2.22. The number of rotatable bonds is 7. The number of anilines is 1. The van der Waals surface area contributed by atoms with Crippen LogP contribution < -0.4 is 15.0 Å². The summed E-state index contributed by atoms with van der Waals surface area (Å²) in [5, 5.41) is 7.88. The molecule has 3 aromatic heterocycles. The molecular formula is C25H20F2N4O6S. The normalized spacial score (nSPS) is 11.7. The number of halogens is 2. The lowest BCUT2D eigenvalue weighted by Crippen LogP contribution is -2.16. The number of sulfonamides is 1. The van der Waals surface area contributed by atoms with E-state index < -0.39 is 21.7 Å². The van der Waals surface area contributed by atoms with E-state index in [4.69, 9.17) is 13.6 Å². The first kappa shape index (κ1) is 25.1. The van der Waals surface area contributed by atoms with Gasteiger partial charge in [0.2, 0.25) is 15.9 Å². The van der Waals surface area contributed by atoms with E-state index in [1.54, 1.807) is 6.92 Å². The Bertz CT molecular complexity index is 1860. The summed E-state index contributed by atoms with van der Waals surface area (Å²) >= 11 is 0. The molecule has 38 heavy (non-hydrogen) atoms. The molecule has 13 heteroatoms. The van der Waals surface area contributed by atoms with Crippen LogP contribution in [-0.2, 0) is 17.1 Å². The molecule has 3 heterocycles. The van der Waals surface area contributed by atoms with Gasteiger partial charge in [0.05, 0.1) is 11.1 Å². The van der Waals surface area contributed by atoms with Crippen molar-refractivity contribution < 1.29 is 30.8 Å². The van der Waals surface area contributed by atoms with E-state index in [1.165, 1.54) is 49.0 Å². The predicted molar refractivity (Wildman–Crippen MR) is 134 cm³/mol. The molecule has 0 spiro atoms. The summed E-state index contributed by atoms with van der Waals surface area (Å²) in [6.45, 7) is 3.09. The van der Waals surface area contributed by atoms with E-state index in [0.29, 0.717) is 17.5 Å². The van der Waals surface area contributed by atoms with Gasteiger partial charge in [-0.2, -0.15) is 0 Å². The minimum absolute atomic E-state index is 0.0565. The molecule has 0 bridgehead atoms. The first-order valence-electron chi connectivity index (χ1n) is 11.3. The van der Waals surface area contributed by atoms with Crippen LogP contribution in [0.15, 0.2) is 62.3 Å². The van der Waals surface area contributed by atoms with Crippen LogP contribution in [0.25, 0.3) is 33.7 Å². The molecule has 196 valence electrons. The lowest BCUT2D eigenvalue weighted by atomic mass is 10.0. The smallest absolute Gasteiger partial charge is 0.283 e. The highest BCUT2D eigenvalue weighted by molar-refractivity contribution is 7.92. The second kappa shape index (κ2) is 9.41. The van der Waals surface area contributed by atoms with Crippen molar-refractivity contribution in [3.63, 3.8) is 0 Å². The quantitative estimate of drug-likeness (QED) is 0.305. The molecule has 1 N–H and O–H groups in total. The molecule has 0 aliphatic rings. The van der Waals surface area contributed by atoms with Crippen LogP contribution in [0.4, 0.5) is 14.5 Å². The van der Waals surface area contributed by atoms with E-state index in [9.17, 15) is 22.0 Å². The van der Waals surface area contributed by atoms with Crippen molar-refractivity contribution in [3.05, 3.63) is 76.5 Å². The fourth-order valence-electron chi connectivity index (χ4n) is 3.77. The van der Waals surface area contributed by atoms with Crippen LogP contribution in [0, 0.1) is 18.6 Å². The number of aromatic nitrogens is 3. The number of ether oxygens (including phenoxy) is 1. The third-order valence-electron chi connectivity index (χ3n) is 5.62. The van der Waals surface area contributed by atoms with Gasteiger partial charge in [-0.3, -0.25) is 9.52 Å². The molecule has 0 saturated carbocycles. The van der Waals surface area contributed by atoms with Gasteiger partial charge in [-0.15, -0.1) is 10.2 Å².